The van der Waals surface area contributed by atoms with E-state index in [1.165, 1.54) is 17.7 Å². The zero-order valence-electron chi connectivity index (χ0n) is 22.5. The Balaban J connectivity index is 1.14. The highest BCUT2D eigenvalue weighted by Gasteiger charge is 2.39. The quantitative estimate of drug-likeness (QED) is 0.399. The molecule has 3 aliphatic rings. The summed E-state index contributed by atoms with van der Waals surface area (Å²) in [5.41, 5.74) is 3.41. The Kier molecular flexibility index (Phi) is 8.31. The van der Waals surface area contributed by atoms with Gasteiger partial charge in [0.2, 0.25) is 0 Å². The van der Waals surface area contributed by atoms with Crippen LogP contribution in [-0.2, 0) is 27.1 Å². The van der Waals surface area contributed by atoms with Crippen LogP contribution >= 0.6 is 0 Å². The minimum Gasteiger partial charge on any atom is -0.480 e. The molecular formula is C30H40FN3O4. The Morgan fingerprint density at radius 3 is 2.95 bits per heavy atom. The van der Waals surface area contributed by atoms with Gasteiger partial charge in [-0.1, -0.05) is 12.1 Å². The first-order chi connectivity index (χ1) is 18.3. The van der Waals surface area contributed by atoms with Gasteiger partial charge in [0.05, 0.1) is 17.8 Å². The minimum absolute atomic E-state index is 0.0263. The predicted molar refractivity (Wildman–Crippen MR) is 144 cm³/mol. The van der Waals surface area contributed by atoms with Gasteiger partial charge in [-0.15, -0.1) is 0 Å². The summed E-state index contributed by atoms with van der Waals surface area (Å²) >= 11 is 0. The average Bonchev–Trinajstić information content (AvgIpc) is 3.49. The normalized spacial score (nSPS) is 23.7. The molecule has 1 aromatic carbocycles. The maximum atomic E-state index is 14.3. The molecule has 0 saturated carbocycles. The highest BCUT2D eigenvalue weighted by Crippen LogP contribution is 2.42. The molecule has 2 fully saturated rings. The summed E-state index contributed by atoms with van der Waals surface area (Å²) < 4.78 is 26.7. The maximum Gasteiger partial charge on any atom is 0.325 e. The second kappa shape index (κ2) is 11.7. The highest BCUT2D eigenvalue weighted by atomic mass is 19.1. The molecule has 4 heterocycles. The van der Waals surface area contributed by atoms with Crippen molar-refractivity contribution < 1.29 is 23.8 Å². The van der Waals surface area contributed by atoms with Crippen LogP contribution in [0.15, 0.2) is 30.3 Å². The average molecular weight is 526 g/mol. The number of nitrogens with zero attached hydrogens (tertiary/aromatic N) is 2. The number of aliphatic carboxylic acids is 1. The molecule has 3 atom stereocenters. The van der Waals surface area contributed by atoms with Crippen molar-refractivity contribution in [3.63, 3.8) is 0 Å². The molecule has 7 nitrogen and oxygen atoms in total. The van der Waals surface area contributed by atoms with E-state index >= 15 is 0 Å². The second-order valence-corrected chi connectivity index (χ2v) is 11.5. The fourth-order valence-corrected chi connectivity index (χ4v) is 6.05. The van der Waals surface area contributed by atoms with Gasteiger partial charge in [-0.3, -0.25) is 9.69 Å². The zero-order chi connectivity index (χ0) is 26.7. The van der Waals surface area contributed by atoms with E-state index in [2.05, 4.69) is 17.4 Å². The summed E-state index contributed by atoms with van der Waals surface area (Å²) in [6.45, 7) is 6.81. The van der Waals surface area contributed by atoms with E-state index in [-0.39, 0.29) is 17.8 Å². The van der Waals surface area contributed by atoms with Gasteiger partial charge in [0.15, 0.2) is 0 Å². The minimum atomic E-state index is -0.971. The van der Waals surface area contributed by atoms with E-state index in [4.69, 9.17) is 14.5 Å². The van der Waals surface area contributed by atoms with Crippen molar-refractivity contribution in [1.29, 1.82) is 0 Å². The van der Waals surface area contributed by atoms with Gasteiger partial charge < -0.3 is 19.9 Å². The second-order valence-electron chi connectivity index (χ2n) is 11.5. The fraction of sp³-hybridized carbons (Fsp3) is 0.600. The first-order valence-electron chi connectivity index (χ1n) is 14.1. The molecule has 0 radical (unpaired) electrons. The molecule has 2 aromatic rings. The number of ether oxygens (including phenoxy) is 2. The lowest BCUT2D eigenvalue weighted by atomic mass is 9.93. The van der Waals surface area contributed by atoms with Crippen LogP contribution in [0.5, 0.6) is 0 Å². The third kappa shape index (κ3) is 6.35. The van der Waals surface area contributed by atoms with E-state index in [1.807, 2.05) is 18.7 Å². The number of fused-ring (bicyclic) bond motifs is 1. The summed E-state index contributed by atoms with van der Waals surface area (Å²) in [5, 5.41) is 13.6. The van der Waals surface area contributed by atoms with Crippen LogP contribution in [0.25, 0.3) is 0 Å². The SMILES string of the molecule is CC1(C)CCC(c2ccc(F)cc2C(C(=O)O)N2CCC(OCCCCc3ccc4c(n3)NCCC4)C2)O1. The smallest absolute Gasteiger partial charge is 0.325 e. The summed E-state index contributed by atoms with van der Waals surface area (Å²) in [6, 6.07) is 7.87. The Hall–Kier alpha value is -2.55. The Morgan fingerprint density at radius 1 is 1.29 bits per heavy atom. The number of anilines is 1. The van der Waals surface area contributed by atoms with Crippen LogP contribution in [0.2, 0.25) is 0 Å². The van der Waals surface area contributed by atoms with Crippen molar-refractivity contribution in [2.75, 3.05) is 31.6 Å². The molecule has 0 bridgehead atoms. The number of nitrogens with one attached hydrogen (secondary N) is 1. The molecule has 0 amide bonds. The third-order valence-corrected chi connectivity index (χ3v) is 8.07. The lowest BCUT2D eigenvalue weighted by Crippen LogP contribution is -2.34. The maximum absolute atomic E-state index is 14.3. The molecule has 0 spiro atoms. The number of carbonyl (C=O) groups is 1. The molecule has 206 valence electrons. The number of carboxylic acids is 1. The number of likely N-dealkylation sites (tertiary alicyclic amines) is 1. The van der Waals surface area contributed by atoms with Crippen molar-refractivity contribution in [3.8, 4) is 0 Å². The fourth-order valence-electron chi connectivity index (χ4n) is 6.05. The number of aryl methyl sites for hydroxylation is 2. The molecule has 2 N–H and O–H groups in total. The van der Waals surface area contributed by atoms with Crippen LogP contribution in [0.1, 0.15) is 86.9 Å². The number of aromatic nitrogens is 1. The van der Waals surface area contributed by atoms with Crippen molar-refractivity contribution >= 4 is 11.8 Å². The molecule has 1 aromatic heterocycles. The summed E-state index contributed by atoms with van der Waals surface area (Å²) in [4.78, 5) is 19.1. The Morgan fingerprint density at radius 2 is 2.16 bits per heavy atom. The van der Waals surface area contributed by atoms with E-state index in [0.717, 1.165) is 75.0 Å². The van der Waals surface area contributed by atoms with E-state index in [0.29, 0.717) is 25.3 Å². The first-order valence-corrected chi connectivity index (χ1v) is 14.1. The molecule has 2 saturated heterocycles. The van der Waals surface area contributed by atoms with Gasteiger partial charge in [-0.2, -0.15) is 0 Å². The zero-order valence-corrected chi connectivity index (χ0v) is 22.5. The number of unbranched alkanes of at least 4 members (excludes halogenated alkanes) is 1. The third-order valence-electron chi connectivity index (χ3n) is 8.07. The standard InChI is InChI=1S/C30H40FN3O4/c1-30(2)14-12-26(38-30)24-11-9-21(31)18-25(24)27(29(35)36)34-16-13-23(19-34)37-17-4-3-7-22-10-8-20-6-5-15-32-28(20)33-22/h8-11,18,23,26-27H,3-7,12-17,19H2,1-2H3,(H,32,33)(H,35,36). The van der Waals surface area contributed by atoms with E-state index < -0.39 is 17.8 Å². The van der Waals surface area contributed by atoms with Crippen molar-refractivity contribution in [3.05, 3.63) is 58.5 Å². The molecule has 38 heavy (non-hydrogen) atoms. The molecule has 8 heteroatoms. The predicted octanol–water partition coefficient (Wildman–Crippen LogP) is 5.45. The molecular weight excluding hydrogens is 485 g/mol. The first kappa shape index (κ1) is 27.0. The topological polar surface area (TPSA) is 83.9 Å². The summed E-state index contributed by atoms with van der Waals surface area (Å²) in [7, 11) is 0. The van der Waals surface area contributed by atoms with Crippen LogP contribution in [-0.4, -0.2) is 58.9 Å². The number of halogens is 1. The van der Waals surface area contributed by atoms with E-state index in [1.54, 1.807) is 6.07 Å². The van der Waals surface area contributed by atoms with Crippen molar-refractivity contribution in [2.24, 2.45) is 0 Å². The lowest BCUT2D eigenvalue weighted by Gasteiger charge is -2.28. The van der Waals surface area contributed by atoms with Crippen molar-refractivity contribution in [1.82, 2.24) is 9.88 Å². The van der Waals surface area contributed by atoms with Gasteiger partial charge >= 0.3 is 5.97 Å². The highest BCUT2D eigenvalue weighted by molar-refractivity contribution is 5.76. The number of carboxylic acid groups (broad SMARTS) is 1. The lowest BCUT2D eigenvalue weighted by molar-refractivity contribution is -0.143. The number of pyridine rings is 1. The molecule has 5 rings (SSSR count). The molecule has 3 unspecified atom stereocenters. The van der Waals surface area contributed by atoms with Crippen LogP contribution in [0, 0.1) is 5.82 Å². The van der Waals surface area contributed by atoms with E-state index in [9.17, 15) is 14.3 Å². The van der Waals surface area contributed by atoms with Crippen LogP contribution in [0.3, 0.4) is 0 Å². The van der Waals surface area contributed by atoms with Crippen LogP contribution in [0.4, 0.5) is 10.2 Å². The van der Waals surface area contributed by atoms with Gasteiger partial charge in [0.25, 0.3) is 0 Å². The number of hydrogen-bond donors (Lipinski definition) is 2. The van der Waals surface area contributed by atoms with Gasteiger partial charge in [0.1, 0.15) is 17.7 Å². The largest absolute Gasteiger partial charge is 0.480 e. The van der Waals surface area contributed by atoms with Crippen LogP contribution < -0.4 is 5.32 Å². The van der Waals surface area contributed by atoms with Crippen molar-refractivity contribution in [2.45, 2.75) is 89.1 Å². The number of hydrogen-bond acceptors (Lipinski definition) is 6. The van der Waals surface area contributed by atoms with Gasteiger partial charge in [0, 0.05) is 31.9 Å². The number of rotatable bonds is 10. The summed E-state index contributed by atoms with van der Waals surface area (Å²) in [6.07, 6.45) is 7.27. The van der Waals surface area contributed by atoms with Gasteiger partial charge in [-0.25, -0.2) is 9.37 Å². The molecule has 0 aliphatic carbocycles. The number of benzene rings is 1. The monoisotopic (exact) mass is 525 g/mol. The van der Waals surface area contributed by atoms with Gasteiger partial charge in [-0.05, 0) is 100 Å². The Labute approximate surface area is 224 Å². The molecule has 3 aliphatic heterocycles. The summed E-state index contributed by atoms with van der Waals surface area (Å²) in [5.74, 6) is -0.362. The Bertz CT molecular complexity index is 1140.